The van der Waals surface area contributed by atoms with Crippen molar-refractivity contribution < 1.29 is 29.4 Å². The Balaban J connectivity index is 3.98. The van der Waals surface area contributed by atoms with E-state index >= 15 is 0 Å². The summed E-state index contributed by atoms with van der Waals surface area (Å²) in [5.41, 5.74) is 4.92. The van der Waals surface area contributed by atoms with Gasteiger partial charge in [-0.1, -0.05) is 0 Å². The van der Waals surface area contributed by atoms with Crippen molar-refractivity contribution in [2.45, 2.75) is 38.1 Å². The Morgan fingerprint density at radius 1 is 1.05 bits per heavy atom. The largest absolute Gasteiger partial charge is 0.481 e. The molecule has 0 aliphatic heterocycles. The van der Waals surface area contributed by atoms with Crippen LogP contribution in [-0.2, 0) is 14.4 Å². The van der Waals surface area contributed by atoms with Gasteiger partial charge in [-0.25, -0.2) is 9.59 Å². The third kappa shape index (κ3) is 9.68. The Morgan fingerprint density at radius 3 is 2.20 bits per heavy atom. The maximum Gasteiger partial charge on any atom is 0.326 e. The number of carboxylic acids is 2. The first-order chi connectivity index (χ1) is 9.32. The summed E-state index contributed by atoms with van der Waals surface area (Å²) in [6.07, 6.45) is 0.497. The highest BCUT2D eigenvalue weighted by molar-refractivity contribution is 5.82. The molecule has 0 aromatic carbocycles. The topological polar surface area (TPSA) is 159 Å². The van der Waals surface area contributed by atoms with Crippen LogP contribution in [0.4, 0.5) is 4.79 Å². The molecule has 9 nitrogen and oxygen atoms in total. The van der Waals surface area contributed by atoms with Crippen LogP contribution in [0, 0.1) is 0 Å². The minimum atomic E-state index is -1.23. The molecule has 1 atom stereocenters. The van der Waals surface area contributed by atoms with E-state index in [1.807, 2.05) is 0 Å². The van der Waals surface area contributed by atoms with Crippen LogP contribution in [0.2, 0.25) is 0 Å². The molecule has 9 heteroatoms. The SMILES string of the molecule is NC(=O)CCCNC(=O)N[C@H](CCCC(=O)O)C(=O)O. The number of carbonyl (C=O) groups excluding carboxylic acids is 2. The smallest absolute Gasteiger partial charge is 0.326 e. The summed E-state index contributed by atoms with van der Waals surface area (Å²) in [6.45, 7) is 0.191. The lowest BCUT2D eigenvalue weighted by Crippen LogP contribution is -2.46. The molecule has 114 valence electrons. The number of hydrogen-bond donors (Lipinski definition) is 5. The van der Waals surface area contributed by atoms with Gasteiger partial charge in [-0.3, -0.25) is 9.59 Å². The lowest BCUT2D eigenvalue weighted by Gasteiger charge is -2.14. The number of aliphatic carboxylic acids is 2. The molecule has 0 bridgehead atoms. The predicted octanol–water partition coefficient (Wildman–Crippen LogP) is -0.741. The van der Waals surface area contributed by atoms with Gasteiger partial charge >= 0.3 is 18.0 Å². The second kappa shape index (κ2) is 9.59. The van der Waals surface area contributed by atoms with Crippen LogP contribution in [0.25, 0.3) is 0 Å². The van der Waals surface area contributed by atoms with Crippen LogP contribution < -0.4 is 16.4 Å². The molecule has 0 spiro atoms. The molecule has 0 unspecified atom stereocenters. The lowest BCUT2D eigenvalue weighted by atomic mass is 10.1. The van der Waals surface area contributed by atoms with Crippen LogP contribution in [0.15, 0.2) is 0 Å². The molecular weight excluding hydrogens is 270 g/mol. The van der Waals surface area contributed by atoms with E-state index in [1.54, 1.807) is 0 Å². The zero-order chi connectivity index (χ0) is 15.5. The number of amides is 3. The molecule has 0 rings (SSSR count). The molecule has 0 radical (unpaired) electrons. The van der Waals surface area contributed by atoms with E-state index in [-0.39, 0.29) is 32.2 Å². The third-order valence-electron chi connectivity index (χ3n) is 2.37. The molecule has 3 amide bonds. The Bertz CT molecular complexity index is 371. The summed E-state index contributed by atoms with van der Waals surface area (Å²) in [7, 11) is 0. The zero-order valence-electron chi connectivity index (χ0n) is 10.9. The summed E-state index contributed by atoms with van der Waals surface area (Å²) in [4.78, 5) is 43.0. The summed E-state index contributed by atoms with van der Waals surface area (Å²) in [5.74, 6) is -2.74. The number of primary amides is 1. The monoisotopic (exact) mass is 289 g/mol. The van der Waals surface area contributed by atoms with E-state index in [1.165, 1.54) is 0 Å². The molecule has 0 saturated heterocycles. The van der Waals surface area contributed by atoms with Crippen molar-refractivity contribution in [3.63, 3.8) is 0 Å². The van der Waals surface area contributed by atoms with E-state index in [0.29, 0.717) is 6.42 Å². The van der Waals surface area contributed by atoms with Crippen molar-refractivity contribution in [2.24, 2.45) is 5.73 Å². The second-order valence-corrected chi connectivity index (χ2v) is 4.15. The number of nitrogens with two attached hydrogens (primary N) is 1. The Morgan fingerprint density at radius 2 is 1.70 bits per heavy atom. The van der Waals surface area contributed by atoms with Gasteiger partial charge < -0.3 is 26.6 Å². The van der Waals surface area contributed by atoms with E-state index in [0.717, 1.165) is 0 Å². The first-order valence-corrected chi connectivity index (χ1v) is 6.10. The maximum absolute atomic E-state index is 11.4. The number of urea groups is 1. The van der Waals surface area contributed by atoms with Gasteiger partial charge in [0, 0.05) is 19.4 Å². The lowest BCUT2D eigenvalue weighted by molar-refractivity contribution is -0.140. The van der Waals surface area contributed by atoms with Gasteiger partial charge in [-0.15, -0.1) is 0 Å². The highest BCUT2D eigenvalue weighted by Crippen LogP contribution is 2.01. The van der Waals surface area contributed by atoms with Gasteiger partial charge in [-0.2, -0.15) is 0 Å². The number of carbonyl (C=O) groups is 4. The maximum atomic E-state index is 11.4. The second-order valence-electron chi connectivity index (χ2n) is 4.15. The van der Waals surface area contributed by atoms with Crippen LogP contribution >= 0.6 is 0 Å². The van der Waals surface area contributed by atoms with Crippen LogP contribution in [-0.4, -0.2) is 46.7 Å². The van der Waals surface area contributed by atoms with Crippen molar-refractivity contribution in [3.05, 3.63) is 0 Å². The first kappa shape index (κ1) is 17.7. The summed E-state index contributed by atoms with van der Waals surface area (Å²) in [6, 6.07) is -1.83. The van der Waals surface area contributed by atoms with E-state index in [9.17, 15) is 19.2 Å². The quantitative estimate of drug-likeness (QED) is 0.333. The molecule has 0 aromatic rings. The van der Waals surface area contributed by atoms with Crippen molar-refractivity contribution in [1.29, 1.82) is 0 Å². The Labute approximate surface area is 115 Å². The van der Waals surface area contributed by atoms with E-state index < -0.39 is 29.9 Å². The standard InChI is InChI=1S/C11H19N3O6/c12-8(15)4-2-6-13-11(20)14-7(10(18)19)3-1-5-9(16)17/h7H,1-6H2,(H2,12,15)(H,16,17)(H,18,19)(H2,13,14,20)/t7-/m1/s1. The van der Waals surface area contributed by atoms with E-state index in [4.69, 9.17) is 15.9 Å². The van der Waals surface area contributed by atoms with Gasteiger partial charge in [0.05, 0.1) is 0 Å². The first-order valence-electron chi connectivity index (χ1n) is 6.10. The molecule has 0 aliphatic carbocycles. The van der Waals surface area contributed by atoms with Gasteiger partial charge in [0.1, 0.15) is 6.04 Å². The van der Waals surface area contributed by atoms with E-state index in [2.05, 4.69) is 10.6 Å². The van der Waals surface area contributed by atoms with Crippen LogP contribution in [0.5, 0.6) is 0 Å². The highest BCUT2D eigenvalue weighted by atomic mass is 16.4. The average molecular weight is 289 g/mol. The number of rotatable bonds is 10. The van der Waals surface area contributed by atoms with Crippen molar-refractivity contribution in [1.82, 2.24) is 10.6 Å². The molecule has 0 fully saturated rings. The van der Waals surface area contributed by atoms with Crippen LogP contribution in [0.3, 0.4) is 0 Å². The third-order valence-corrected chi connectivity index (χ3v) is 2.37. The van der Waals surface area contributed by atoms with Crippen LogP contribution in [0.1, 0.15) is 32.1 Å². The molecular formula is C11H19N3O6. The molecule has 0 saturated carbocycles. The number of hydrogen-bond acceptors (Lipinski definition) is 4. The van der Waals surface area contributed by atoms with Crippen molar-refractivity contribution >= 4 is 23.9 Å². The summed E-state index contributed by atoms with van der Waals surface area (Å²) >= 11 is 0. The predicted molar refractivity (Wildman–Crippen MR) is 67.9 cm³/mol. The molecule has 20 heavy (non-hydrogen) atoms. The average Bonchev–Trinajstić information content (AvgIpc) is 2.32. The Hall–Kier alpha value is -2.32. The number of carboxylic acid groups (broad SMARTS) is 2. The minimum Gasteiger partial charge on any atom is -0.481 e. The normalized spacial score (nSPS) is 11.4. The molecule has 0 heterocycles. The highest BCUT2D eigenvalue weighted by Gasteiger charge is 2.19. The number of nitrogens with one attached hydrogen (secondary N) is 2. The summed E-state index contributed by atoms with van der Waals surface area (Å²) in [5, 5.41) is 21.9. The molecule has 0 aliphatic rings. The van der Waals surface area contributed by atoms with Gasteiger partial charge in [0.25, 0.3) is 0 Å². The fourth-order valence-corrected chi connectivity index (χ4v) is 1.39. The summed E-state index contributed by atoms with van der Waals surface area (Å²) < 4.78 is 0. The van der Waals surface area contributed by atoms with Gasteiger partial charge in [0.15, 0.2) is 0 Å². The van der Waals surface area contributed by atoms with Crippen molar-refractivity contribution in [3.8, 4) is 0 Å². The van der Waals surface area contributed by atoms with Gasteiger partial charge in [0.2, 0.25) is 5.91 Å². The Kier molecular flexibility index (Phi) is 8.48. The zero-order valence-corrected chi connectivity index (χ0v) is 10.9. The van der Waals surface area contributed by atoms with Crippen molar-refractivity contribution in [2.75, 3.05) is 6.54 Å². The molecule has 0 aromatic heterocycles. The fourth-order valence-electron chi connectivity index (χ4n) is 1.39. The fraction of sp³-hybridized carbons (Fsp3) is 0.636. The van der Waals surface area contributed by atoms with Gasteiger partial charge in [-0.05, 0) is 19.3 Å². The molecule has 6 N–H and O–H groups in total. The minimum absolute atomic E-state index is 0.0241.